The Labute approximate surface area is 148 Å². The van der Waals surface area contributed by atoms with Gasteiger partial charge in [0.1, 0.15) is 5.69 Å². The van der Waals surface area contributed by atoms with Gasteiger partial charge in [-0.05, 0) is 12.6 Å². The van der Waals surface area contributed by atoms with Gasteiger partial charge < -0.3 is 14.4 Å². The first-order chi connectivity index (χ1) is 12.2. The molecule has 0 aromatic carbocycles. The van der Waals surface area contributed by atoms with Gasteiger partial charge in [-0.3, -0.25) is 14.6 Å². The van der Waals surface area contributed by atoms with Crippen molar-refractivity contribution in [1.29, 1.82) is 0 Å². The van der Waals surface area contributed by atoms with E-state index in [1.165, 1.54) is 7.11 Å². The third-order valence-electron chi connectivity index (χ3n) is 4.83. The van der Waals surface area contributed by atoms with E-state index in [0.717, 1.165) is 45.9 Å². The molecular formula is C17H27N5O3. The maximum absolute atomic E-state index is 12.6. The standard InChI is InChI=1S/C17H27N5O3/c1-3-20-10-11-25-14(12-20)13-21-6-8-22(9-7-21)16(23)15-4-5-18-17(19-15)24-2/h4-5,14H,3,6-13H2,1-2H3. The second-order valence-electron chi connectivity index (χ2n) is 6.41. The first-order valence-electron chi connectivity index (χ1n) is 8.92. The lowest BCUT2D eigenvalue weighted by Crippen LogP contribution is -2.53. The van der Waals surface area contributed by atoms with Crippen molar-refractivity contribution in [2.75, 3.05) is 66.1 Å². The van der Waals surface area contributed by atoms with Crippen LogP contribution in [0, 0.1) is 0 Å². The molecule has 1 aromatic rings. The highest BCUT2D eigenvalue weighted by molar-refractivity contribution is 5.92. The molecule has 1 unspecified atom stereocenters. The van der Waals surface area contributed by atoms with E-state index in [4.69, 9.17) is 9.47 Å². The number of hydrogen-bond acceptors (Lipinski definition) is 7. The van der Waals surface area contributed by atoms with Crippen LogP contribution >= 0.6 is 0 Å². The molecular weight excluding hydrogens is 322 g/mol. The SMILES string of the molecule is CCN1CCOC(CN2CCN(C(=O)c3ccnc(OC)n3)CC2)C1. The van der Waals surface area contributed by atoms with Gasteiger partial charge in [-0.25, -0.2) is 4.98 Å². The number of rotatable bonds is 5. The van der Waals surface area contributed by atoms with Crippen LogP contribution < -0.4 is 4.74 Å². The van der Waals surface area contributed by atoms with E-state index in [0.29, 0.717) is 18.8 Å². The molecule has 2 saturated heterocycles. The molecule has 0 radical (unpaired) electrons. The first kappa shape index (κ1) is 18.0. The number of hydrogen-bond donors (Lipinski definition) is 0. The number of aromatic nitrogens is 2. The molecule has 0 bridgehead atoms. The molecule has 1 amide bonds. The molecule has 2 aliphatic heterocycles. The summed E-state index contributed by atoms with van der Waals surface area (Å²) in [5.41, 5.74) is 0.384. The van der Waals surface area contributed by atoms with Crippen LogP contribution in [-0.2, 0) is 4.74 Å². The number of carbonyl (C=O) groups is 1. The van der Waals surface area contributed by atoms with Crippen molar-refractivity contribution in [2.24, 2.45) is 0 Å². The van der Waals surface area contributed by atoms with Gasteiger partial charge in [-0.1, -0.05) is 6.92 Å². The van der Waals surface area contributed by atoms with Crippen molar-refractivity contribution in [2.45, 2.75) is 13.0 Å². The zero-order chi connectivity index (χ0) is 17.6. The normalized spacial score (nSPS) is 22.8. The zero-order valence-corrected chi connectivity index (χ0v) is 15.1. The minimum absolute atomic E-state index is 0.0635. The smallest absolute Gasteiger partial charge is 0.316 e. The highest BCUT2D eigenvalue weighted by atomic mass is 16.5. The van der Waals surface area contributed by atoms with Gasteiger partial charge in [0.05, 0.1) is 19.8 Å². The molecule has 0 saturated carbocycles. The molecule has 138 valence electrons. The summed E-state index contributed by atoms with van der Waals surface area (Å²) in [7, 11) is 1.50. The first-order valence-corrected chi connectivity index (χ1v) is 8.92. The lowest BCUT2D eigenvalue weighted by molar-refractivity contribution is -0.0458. The topological polar surface area (TPSA) is 71.0 Å². The maximum Gasteiger partial charge on any atom is 0.316 e. The van der Waals surface area contributed by atoms with Crippen LogP contribution in [0.3, 0.4) is 0 Å². The van der Waals surface area contributed by atoms with Crippen LogP contribution in [0.2, 0.25) is 0 Å². The maximum atomic E-state index is 12.6. The van der Waals surface area contributed by atoms with Crippen LogP contribution in [0.4, 0.5) is 0 Å². The average molecular weight is 349 g/mol. The van der Waals surface area contributed by atoms with Gasteiger partial charge >= 0.3 is 6.01 Å². The lowest BCUT2D eigenvalue weighted by atomic mass is 10.2. The summed E-state index contributed by atoms with van der Waals surface area (Å²) in [6, 6.07) is 1.85. The predicted octanol–water partition coefficient (Wildman–Crippen LogP) is -0.0363. The molecule has 2 fully saturated rings. The summed E-state index contributed by atoms with van der Waals surface area (Å²) in [5, 5.41) is 0. The third-order valence-corrected chi connectivity index (χ3v) is 4.83. The van der Waals surface area contributed by atoms with Gasteiger partial charge in [0.2, 0.25) is 0 Å². The molecule has 25 heavy (non-hydrogen) atoms. The van der Waals surface area contributed by atoms with Crippen LogP contribution in [0.1, 0.15) is 17.4 Å². The summed E-state index contributed by atoms with van der Waals surface area (Å²) in [6.07, 6.45) is 1.82. The minimum atomic E-state index is -0.0635. The lowest BCUT2D eigenvalue weighted by Gasteiger charge is -2.39. The third kappa shape index (κ3) is 4.65. The number of morpholine rings is 1. The number of piperazine rings is 1. The fourth-order valence-electron chi connectivity index (χ4n) is 3.32. The molecule has 8 heteroatoms. The van der Waals surface area contributed by atoms with Crippen molar-refractivity contribution in [3.05, 3.63) is 18.0 Å². The molecule has 2 aliphatic rings. The highest BCUT2D eigenvalue weighted by Crippen LogP contribution is 2.12. The van der Waals surface area contributed by atoms with E-state index in [1.54, 1.807) is 12.3 Å². The van der Waals surface area contributed by atoms with Gasteiger partial charge in [0.15, 0.2) is 0 Å². The zero-order valence-electron chi connectivity index (χ0n) is 15.1. The number of ether oxygens (including phenoxy) is 2. The van der Waals surface area contributed by atoms with Crippen LogP contribution in [0.5, 0.6) is 6.01 Å². The quantitative estimate of drug-likeness (QED) is 0.739. The Hall–Kier alpha value is -1.77. The number of carbonyl (C=O) groups excluding carboxylic acids is 1. The van der Waals surface area contributed by atoms with E-state index in [1.807, 2.05) is 4.90 Å². The summed E-state index contributed by atoms with van der Waals surface area (Å²) in [5.74, 6) is -0.0635. The summed E-state index contributed by atoms with van der Waals surface area (Å²) < 4.78 is 10.9. The van der Waals surface area contributed by atoms with Crippen molar-refractivity contribution < 1.29 is 14.3 Å². The van der Waals surface area contributed by atoms with Crippen LogP contribution in [-0.4, -0.2) is 103 Å². The average Bonchev–Trinajstić information content (AvgIpc) is 2.68. The van der Waals surface area contributed by atoms with Gasteiger partial charge in [0, 0.05) is 52.0 Å². The van der Waals surface area contributed by atoms with Crippen LogP contribution in [0.15, 0.2) is 12.3 Å². The number of likely N-dealkylation sites (N-methyl/N-ethyl adjacent to an activating group) is 1. The van der Waals surface area contributed by atoms with E-state index >= 15 is 0 Å². The molecule has 3 heterocycles. The Bertz CT molecular complexity index is 577. The van der Waals surface area contributed by atoms with Crippen molar-refractivity contribution in [3.63, 3.8) is 0 Å². The minimum Gasteiger partial charge on any atom is -0.467 e. The van der Waals surface area contributed by atoms with E-state index in [-0.39, 0.29) is 18.0 Å². The number of amides is 1. The fourth-order valence-corrected chi connectivity index (χ4v) is 3.32. The molecule has 1 aromatic heterocycles. The number of nitrogens with zero attached hydrogens (tertiary/aromatic N) is 5. The van der Waals surface area contributed by atoms with Gasteiger partial charge in [-0.2, -0.15) is 4.98 Å². The van der Waals surface area contributed by atoms with Crippen molar-refractivity contribution in [1.82, 2.24) is 24.7 Å². The Balaban J connectivity index is 1.49. The summed E-state index contributed by atoms with van der Waals surface area (Å²) >= 11 is 0. The largest absolute Gasteiger partial charge is 0.467 e. The van der Waals surface area contributed by atoms with Crippen molar-refractivity contribution >= 4 is 5.91 Å². The van der Waals surface area contributed by atoms with E-state index in [2.05, 4.69) is 26.7 Å². The van der Waals surface area contributed by atoms with E-state index < -0.39 is 0 Å². The monoisotopic (exact) mass is 349 g/mol. The molecule has 8 nitrogen and oxygen atoms in total. The second kappa shape index (κ2) is 8.55. The van der Waals surface area contributed by atoms with Crippen LogP contribution in [0.25, 0.3) is 0 Å². The molecule has 0 N–H and O–H groups in total. The highest BCUT2D eigenvalue weighted by Gasteiger charge is 2.27. The van der Waals surface area contributed by atoms with Crippen molar-refractivity contribution in [3.8, 4) is 6.01 Å². The Morgan fingerprint density at radius 3 is 2.80 bits per heavy atom. The van der Waals surface area contributed by atoms with E-state index in [9.17, 15) is 4.79 Å². The molecule has 3 rings (SSSR count). The Morgan fingerprint density at radius 1 is 1.28 bits per heavy atom. The summed E-state index contributed by atoms with van der Waals surface area (Å²) in [4.78, 5) is 27.3. The summed E-state index contributed by atoms with van der Waals surface area (Å²) in [6.45, 7) is 10.2. The number of methoxy groups -OCH3 is 1. The van der Waals surface area contributed by atoms with Gasteiger partial charge in [0.25, 0.3) is 5.91 Å². The predicted molar refractivity (Wildman–Crippen MR) is 92.8 cm³/mol. The Morgan fingerprint density at radius 2 is 2.08 bits per heavy atom. The molecule has 1 atom stereocenters. The molecule has 0 aliphatic carbocycles. The molecule has 0 spiro atoms. The van der Waals surface area contributed by atoms with Gasteiger partial charge in [-0.15, -0.1) is 0 Å². The second-order valence-corrected chi connectivity index (χ2v) is 6.41. The Kier molecular flexibility index (Phi) is 6.17. The fraction of sp³-hybridized carbons (Fsp3) is 0.706.